The third-order valence-corrected chi connectivity index (χ3v) is 2.96. The summed E-state index contributed by atoms with van der Waals surface area (Å²) in [6.07, 6.45) is -0.351. The van der Waals surface area contributed by atoms with Crippen molar-refractivity contribution in [1.82, 2.24) is 0 Å². The normalized spacial score (nSPS) is 18.7. The van der Waals surface area contributed by atoms with E-state index < -0.39 is 0 Å². The van der Waals surface area contributed by atoms with E-state index in [2.05, 4.69) is 4.74 Å². The molecule has 0 unspecified atom stereocenters. The minimum absolute atomic E-state index is 0.000164. The zero-order chi connectivity index (χ0) is 13.3. The van der Waals surface area contributed by atoms with Gasteiger partial charge in [0.25, 0.3) is 0 Å². The fourth-order valence-electron chi connectivity index (χ4n) is 2.02. The maximum absolute atomic E-state index is 11.6. The van der Waals surface area contributed by atoms with Crippen molar-refractivity contribution in [2.24, 2.45) is 0 Å². The molecule has 0 spiro atoms. The van der Waals surface area contributed by atoms with Crippen LogP contribution in [-0.4, -0.2) is 31.8 Å². The van der Waals surface area contributed by atoms with Gasteiger partial charge in [-0.3, -0.25) is 4.90 Å². The van der Waals surface area contributed by atoms with Crippen molar-refractivity contribution in [3.63, 3.8) is 0 Å². The number of cyclic esters (lactones) is 1. The van der Waals surface area contributed by atoms with Crippen LogP contribution in [0.25, 0.3) is 0 Å². The third kappa shape index (κ3) is 2.03. The Labute approximate surface area is 105 Å². The van der Waals surface area contributed by atoms with Crippen LogP contribution < -0.4 is 4.90 Å². The van der Waals surface area contributed by atoms with E-state index in [0.29, 0.717) is 12.2 Å². The second kappa shape index (κ2) is 4.68. The van der Waals surface area contributed by atoms with Gasteiger partial charge in [0.05, 0.1) is 24.4 Å². The predicted octanol–water partition coefficient (Wildman–Crippen LogP) is 2.13. The number of carbonyl (C=O) groups is 2. The van der Waals surface area contributed by atoms with Gasteiger partial charge < -0.3 is 9.47 Å². The fourth-order valence-corrected chi connectivity index (χ4v) is 2.02. The standard InChI is InChI=1S/C13H15NO4/c1-8-6-10(12(15)17-3)4-5-11(8)14-9(2)7-18-13(14)16/h4-6,9H,7H2,1-3H3/t9-/m1/s1. The number of rotatable bonds is 2. The number of hydrogen-bond acceptors (Lipinski definition) is 4. The Balaban J connectivity index is 2.35. The molecule has 1 aliphatic heterocycles. The van der Waals surface area contributed by atoms with Crippen molar-refractivity contribution in [2.75, 3.05) is 18.6 Å². The first-order chi connectivity index (χ1) is 8.54. The number of aryl methyl sites for hydroxylation is 1. The minimum atomic E-state index is -0.387. The minimum Gasteiger partial charge on any atom is -0.465 e. The first kappa shape index (κ1) is 12.4. The molecular formula is C13H15NO4. The molecule has 0 saturated carbocycles. The smallest absolute Gasteiger partial charge is 0.414 e. The maximum Gasteiger partial charge on any atom is 0.414 e. The SMILES string of the molecule is COC(=O)c1ccc(N2C(=O)OC[C@H]2C)c(C)c1. The molecule has 1 aromatic rings. The van der Waals surface area contributed by atoms with Crippen LogP contribution in [-0.2, 0) is 9.47 Å². The van der Waals surface area contributed by atoms with E-state index in [4.69, 9.17) is 4.74 Å². The topological polar surface area (TPSA) is 55.8 Å². The van der Waals surface area contributed by atoms with Crippen LogP contribution in [0.3, 0.4) is 0 Å². The Morgan fingerprint density at radius 2 is 2.22 bits per heavy atom. The average molecular weight is 249 g/mol. The van der Waals surface area contributed by atoms with Crippen LogP contribution in [0.2, 0.25) is 0 Å². The Kier molecular flexibility index (Phi) is 3.23. The van der Waals surface area contributed by atoms with Gasteiger partial charge in [0.2, 0.25) is 0 Å². The van der Waals surface area contributed by atoms with Gasteiger partial charge in [-0.1, -0.05) is 0 Å². The van der Waals surface area contributed by atoms with E-state index >= 15 is 0 Å². The van der Waals surface area contributed by atoms with Crippen LogP contribution in [0.15, 0.2) is 18.2 Å². The molecule has 0 aliphatic carbocycles. The lowest BCUT2D eigenvalue weighted by Crippen LogP contribution is -2.31. The van der Waals surface area contributed by atoms with Gasteiger partial charge in [-0.15, -0.1) is 0 Å². The Hall–Kier alpha value is -2.04. The van der Waals surface area contributed by atoms with Crippen LogP contribution in [0, 0.1) is 6.92 Å². The number of carbonyl (C=O) groups excluding carboxylic acids is 2. The maximum atomic E-state index is 11.6. The van der Waals surface area contributed by atoms with Crippen molar-refractivity contribution in [2.45, 2.75) is 19.9 Å². The number of hydrogen-bond donors (Lipinski definition) is 0. The molecule has 5 heteroatoms. The molecular weight excluding hydrogens is 234 g/mol. The zero-order valence-electron chi connectivity index (χ0n) is 10.6. The summed E-state index contributed by atoms with van der Waals surface area (Å²) in [6, 6.07) is 5.09. The summed E-state index contributed by atoms with van der Waals surface area (Å²) in [6.45, 7) is 4.15. The molecule has 1 amide bonds. The summed E-state index contributed by atoms with van der Waals surface area (Å²) >= 11 is 0. The molecule has 1 heterocycles. The van der Waals surface area contributed by atoms with Crippen LogP contribution in [0.1, 0.15) is 22.8 Å². The molecule has 0 bridgehead atoms. The molecule has 96 valence electrons. The van der Waals surface area contributed by atoms with E-state index in [0.717, 1.165) is 11.3 Å². The Bertz CT molecular complexity index is 498. The summed E-state index contributed by atoms with van der Waals surface area (Å²) in [5.74, 6) is -0.387. The highest BCUT2D eigenvalue weighted by Gasteiger charge is 2.31. The third-order valence-electron chi connectivity index (χ3n) is 2.96. The molecule has 2 rings (SSSR count). The predicted molar refractivity (Wildman–Crippen MR) is 65.8 cm³/mol. The molecule has 1 saturated heterocycles. The first-order valence-electron chi connectivity index (χ1n) is 5.69. The van der Waals surface area contributed by atoms with Gasteiger partial charge in [0, 0.05) is 0 Å². The van der Waals surface area contributed by atoms with Gasteiger partial charge in [0.1, 0.15) is 6.61 Å². The highest BCUT2D eigenvalue weighted by atomic mass is 16.6. The van der Waals surface area contributed by atoms with Gasteiger partial charge in [0.15, 0.2) is 0 Å². The highest BCUT2D eigenvalue weighted by Crippen LogP contribution is 2.27. The van der Waals surface area contributed by atoms with Crippen LogP contribution in [0.4, 0.5) is 10.5 Å². The number of ether oxygens (including phenoxy) is 2. The molecule has 0 radical (unpaired) electrons. The van der Waals surface area contributed by atoms with E-state index in [1.807, 2.05) is 13.8 Å². The van der Waals surface area contributed by atoms with Gasteiger partial charge in [-0.05, 0) is 37.6 Å². The Morgan fingerprint density at radius 1 is 1.50 bits per heavy atom. The number of anilines is 1. The summed E-state index contributed by atoms with van der Waals surface area (Å²) in [4.78, 5) is 24.6. The molecule has 0 N–H and O–H groups in total. The van der Waals surface area contributed by atoms with Crippen molar-refractivity contribution >= 4 is 17.7 Å². The van der Waals surface area contributed by atoms with Gasteiger partial charge >= 0.3 is 12.1 Å². The monoisotopic (exact) mass is 249 g/mol. The Morgan fingerprint density at radius 3 is 2.72 bits per heavy atom. The largest absolute Gasteiger partial charge is 0.465 e. The summed E-state index contributed by atoms with van der Waals surface area (Å²) in [5, 5.41) is 0. The molecule has 5 nitrogen and oxygen atoms in total. The molecule has 0 aromatic heterocycles. The van der Waals surface area contributed by atoms with Crippen molar-refractivity contribution < 1.29 is 19.1 Å². The molecule has 1 aromatic carbocycles. The average Bonchev–Trinajstić information content (AvgIpc) is 2.68. The lowest BCUT2D eigenvalue weighted by Gasteiger charge is -2.20. The quantitative estimate of drug-likeness (QED) is 0.753. The van der Waals surface area contributed by atoms with Crippen LogP contribution in [0.5, 0.6) is 0 Å². The van der Waals surface area contributed by atoms with Gasteiger partial charge in [-0.2, -0.15) is 0 Å². The summed E-state index contributed by atoms with van der Waals surface area (Å²) in [5.41, 5.74) is 2.07. The first-order valence-corrected chi connectivity index (χ1v) is 5.69. The van der Waals surface area contributed by atoms with Gasteiger partial charge in [-0.25, -0.2) is 9.59 Å². The second-order valence-corrected chi connectivity index (χ2v) is 4.29. The molecule has 1 aliphatic rings. The molecule has 1 fully saturated rings. The van der Waals surface area contributed by atoms with Crippen molar-refractivity contribution in [1.29, 1.82) is 0 Å². The van der Waals surface area contributed by atoms with E-state index in [9.17, 15) is 9.59 Å². The molecule has 1 atom stereocenters. The number of nitrogens with zero attached hydrogens (tertiary/aromatic N) is 1. The number of benzene rings is 1. The van der Waals surface area contributed by atoms with E-state index in [1.54, 1.807) is 23.1 Å². The van der Waals surface area contributed by atoms with Crippen molar-refractivity contribution in [3.8, 4) is 0 Å². The summed E-state index contributed by atoms with van der Waals surface area (Å²) in [7, 11) is 1.34. The number of esters is 1. The van der Waals surface area contributed by atoms with Crippen LogP contribution >= 0.6 is 0 Å². The summed E-state index contributed by atoms with van der Waals surface area (Å²) < 4.78 is 9.64. The van der Waals surface area contributed by atoms with E-state index in [1.165, 1.54) is 7.11 Å². The van der Waals surface area contributed by atoms with E-state index in [-0.39, 0.29) is 18.1 Å². The fraction of sp³-hybridized carbons (Fsp3) is 0.385. The number of amides is 1. The number of methoxy groups -OCH3 is 1. The lowest BCUT2D eigenvalue weighted by molar-refractivity contribution is 0.0600. The van der Waals surface area contributed by atoms with Crippen molar-refractivity contribution in [3.05, 3.63) is 29.3 Å². The lowest BCUT2D eigenvalue weighted by atomic mass is 10.1. The molecule has 18 heavy (non-hydrogen) atoms. The zero-order valence-corrected chi connectivity index (χ0v) is 10.6. The second-order valence-electron chi connectivity index (χ2n) is 4.29. The highest BCUT2D eigenvalue weighted by molar-refractivity contribution is 5.94.